The van der Waals surface area contributed by atoms with Crippen molar-refractivity contribution >= 4 is 69.9 Å². The average molecular weight is 499 g/mol. The van der Waals surface area contributed by atoms with Gasteiger partial charge in [-0.25, -0.2) is 0 Å². The van der Waals surface area contributed by atoms with E-state index in [1.54, 1.807) is 48.5 Å². The van der Waals surface area contributed by atoms with E-state index >= 15 is 0 Å². The Morgan fingerprint density at radius 3 is 1.16 bits per heavy atom. The summed E-state index contributed by atoms with van der Waals surface area (Å²) in [6, 6.07) is 13.7. The summed E-state index contributed by atoms with van der Waals surface area (Å²) >= 11 is 14.0. The van der Waals surface area contributed by atoms with Crippen molar-refractivity contribution in [1.29, 1.82) is 0 Å². The SMILES string of the molecule is O=C1C=C(C2=CC(=O)C(Sc3ccc(Cl)cc3)=CC2=O)C(=O)C=C1Sc1ccc(Cl)cc1. The molecule has 2 aliphatic rings. The van der Waals surface area contributed by atoms with Crippen LogP contribution in [0.4, 0.5) is 0 Å². The Morgan fingerprint density at radius 2 is 0.812 bits per heavy atom. The van der Waals surface area contributed by atoms with Gasteiger partial charge in [0, 0.05) is 43.1 Å². The van der Waals surface area contributed by atoms with Crippen molar-refractivity contribution < 1.29 is 19.2 Å². The molecule has 0 atom stereocenters. The summed E-state index contributed by atoms with van der Waals surface area (Å²) < 4.78 is 0. The second-order valence-corrected chi connectivity index (χ2v) is 9.81. The van der Waals surface area contributed by atoms with Gasteiger partial charge in [-0.15, -0.1) is 0 Å². The molecule has 0 aromatic heterocycles. The van der Waals surface area contributed by atoms with Gasteiger partial charge in [-0.2, -0.15) is 0 Å². The van der Waals surface area contributed by atoms with Crippen molar-refractivity contribution in [3.63, 3.8) is 0 Å². The van der Waals surface area contributed by atoms with E-state index in [4.69, 9.17) is 23.2 Å². The smallest absolute Gasteiger partial charge is 0.193 e. The summed E-state index contributed by atoms with van der Waals surface area (Å²) in [6.45, 7) is 0. The van der Waals surface area contributed by atoms with E-state index in [0.29, 0.717) is 10.0 Å². The highest BCUT2D eigenvalue weighted by Gasteiger charge is 2.30. The molecule has 0 amide bonds. The number of hydrogen-bond acceptors (Lipinski definition) is 6. The standard InChI is InChI=1S/C24H12Cl2O4S2/c25-13-1-5-15(6-2-13)31-23-11-19(27)17(9-21(23)29)18-10-22(30)24(12-20(18)28)32-16-7-3-14(26)4-8-16/h1-12H. The second-order valence-electron chi connectivity index (χ2n) is 6.70. The van der Waals surface area contributed by atoms with Gasteiger partial charge in [-0.1, -0.05) is 46.7 Å². The first kappa shape index (κ1) is 22.6. The molecule has 0 radical (unpaired) electrons. The van der Waals surface area contributed by atoms with Gasteiger partial charge >= 0.3 is 0 Å². The molecule has 0 bridgehead atoms. The lowest BCUT2D eigenvalue weighted by atomic mass is 9.90. The average Bonchev–Trinajstić information content (AvgIpc) is 2.76. The zero-order chi connectivity index (χ0) is 22.8. The third-order valence-electron chi connectivity index (χ3n) is 4.46. The number of rotatable bonds is 5. The van der Waals surface area contributed by atoms with Gasteiger partial charge in [0.25, 0.3) is 0 Å². The van der Waals surface area contributed by atoms with Crippen molar-refractivity contribution in [3.05, 3.63) is 104 Å². The van der Waals surface area contributed by atoms with Crippen molar-refractivity contribution in [2.45, 2.75) is 9.79 Å². The molecule has 2 aromatic rings. The summed E-state index contributed by atoms with van der Waals surface area (Å²) in [5.41, 5.74) is -0.166. The summed E-state index contributed by atoms with van der Waals surface area (Å²) in [6.07, 6.45) is 4.61. The molecule has 0 N–H and O–H groups in total. The molecule has 0 saturated heterocycles. The van der Waals surface area contributed by atoms with Gasteiger partial charge in [0.1, 0.15) is 0 Å². The third-order valence-corrected chi connectivity index (χ3v) is 7.06. The van der Waals surface area contributed by atoms with E-state index in [1.165, 1.54) is 12.2 Å². The highest BCUT2D eigenvalue weighted by molar-refractivity contribution is 8.04. The normalized spacial score (nSPS) is 16.4. The fourth-order valence-electron chi connectivity index (χ4n) is 2.92. The summed E-state index contributed by atoms with van der Waals surface area (Å²) in [7, 11) is 0. The lowest BCUT2D eigenvalue weighted by Crippen LogP contribution is -2.20. The van der Waals surface area contributed by atoms with Crippen LogP contribution >= 0.6 is 46.7 Å². The maximum Gasteiger partial charge on any atom is 0.193 e. The number of halogens is 2. The van der Waals surface area contributed by atoms with Crippen LogP contribution in [0, 0.1) is 0 Å². The van der Waals surface area contributed by atoms with Crippen LogP contribution < -0.4 is 0 Å². The molecule has 0 fully saturated rings. The molecule has 8 heteroatoms. The Labute approximate surface area is 202 Å². The van der Waals surface area contributed by atoms with E-state index in [2.05, 4.69) is 0 Å². The first-order valence-electron chi connectivity index (χ1n) is 9.21. The molecule has 2 aliphatic carbocycles. The van der Waals surface area contributed by atoms with Crippen LogP contribution in [0.15, 0.2) is 104 Å². The number of thioether (sulfide) groups is 2. The monoisotopic (exact) mass is 498 g/mol. The largest absolute Gasteiger partial charge is 0.289 e. The minimum Gasteiger partial charge on any atom is -0.289 e. The topological polar surface area (TPSA) is 68.3 Å². The van der Waals surface area contributed by atoms with Crippen LogP contribution in [-0.4, -0.2) is 23.1 Å². The van der Waals surface area contributed by atoms with E-state index in [0.717, 1.165) is 45.5 Å². The number of carbonyl (C=O) groups excluding carboxylic acids is 4. The number of hydrogen-bond donors (Lipinski definition) is 0. The molecule has 0 aliphatic heterocycles. The molecule has 2 aromatic carbocycles. The Kier molecular flexibility index (Phi) is 6.67. The molecule has 0 spiro atoms. The van der Waals surface area contributed by atoms with Crippen molar-refractivity contribution in [1.82, 2.24) is 0 Å². The summed E-state index contributed by atoms with van der Waals surface area (Å²) in [5.74, 6) is -1.83. The zero-order valence-corrected chi connectivity index (χ0v) is 19.3. The van der Waals surface area contributed by atoms with Gasteiger partial charge in [-0.3, -0.25) is 19.2 Å². The van der Waals surface area contributed by atoms with Gasteiger partial charge in [0.15, 0.2) is 23.1 Å². The first-order chi connectivity index (χ1) is 15.3. The molecule has 4 nitrogen and oxygen atoms in total. The molecule has 0 saturated carbocycles. The van der Waals surface area contributed by atoms with Crippen LogP contribution in [0.5, 0.6) is 0 Å². The van der Waals surface area contributed by atoms with Gasteiger partial charge in [-0.05, 0) is 60.7 Å². The highest BCUT2D eigenvalue weighted by Crippen LogP contribution is 2.35. The van der Waals surface area contributed by atoms with Gasteiger partial charge < -0.3 is 0 Å². The van der Waals surface area contributed by atoms with Gasteiger partial charge in [0.05, 0.1) is 9.81 Å². The fourth-order valence-corrected chi connectivity index (χ4v) is 4.88. The number of carbonyl (C=O) groups is 4. The Balaban J connectivity index is 1.51. The molecular formula is C24H12Cl2O4S2. The molecular weight excluding hydrogens is 487 g/mol. The Hall–Kier alpha value is -2.64. The minimum atomic E-state index is -0.504. The quantitative estimate of drug-likeness (QED) is 0.485. The van der Waals surface area contributed by atoms with Crippen molar-refractivity contribution in [3.8, 4) is 0 Å². The number of benzene rings is 2. The second kappa shape index (κ2) is 9.46. The van der Waals surface area contributed by atoms with Crippen LogP contribution in [0.1, 0.15) is 0 Å². The maximum absolute atomic E-state index is 12.7. The summed E-state index contributed by atoms with van der Waals surface area (Å²) in [5, 5.41) is 1.12. The minimum absolute atomic E-state index is 0.0828. The molecule has 0 heterocycles. The van der Waals surface area contributed by atoms with Crippen LogP contribution in [-0.2, 0) is 19.2 Å². The maximum atomic E-state index is 12.7. The van der Waals surface area contributed by atoms with Crippen molar-refractivity contribution in [2.75, 3.05) is 0 Å². The number of allylic oxidation sites excluding steroid dienone is 8. The predicted molar refractivity (Wildman–Crippen MR) is 127 cm³/mol. The third kappa shape index (κ3) is 5.05. The van der Waals surface area contributed by atoms with Crippen LogP contribution in [0.3, 0.4) is 0 Å². The Bertz CT molecular complexity index is 1180. The molecule has 4 rings (SSSR count). The number of ketones is 4. The zero-order valence-electron chi connectivity index (χ0n) is 16.1. The first-order valence-corrected chi connectivity index (χ1v) is 11.6. The van der Waals surface area contributed by atoms with E-state index < -0.39 is 23.1 Å². The van der Waals surface area contributed by atoms with Crippen LogP contribution in [0.2, 0.25) is 10.0 Å². The van der Waals surface area contributed by atoms with Crippen LogP contribution in [0.25, 0.3) is 0 Å². The fraction of sp³-hybridized carbons (Fsp3) is 0. The van der Waals surface area contributed by atoms with E-state index in [1.807, 2.05) is 0 Å². The highest BCUT2D eigenvalue weighted by atomic mass is 35.5. The lowest BCUT2D eigenvalue weighted by molar-refractivity contribution is -0.116. The van der Waals surface area contributed by atoms with E-state index in [-0.39, 0.29) is 21.0 Å². The Morgan fingerprint density at radius 1 is 0.469 bits per heavy atom. The van der Waals surface area contributed by atoms with Gasteiger partial charge in [0.2, 0.25) is 0 Å². The molecule has 158 valence electrons. The van der Waals surface area contributed by atoms with E-state index in [9.17, 15) is 19.2 Å². The predicted octanol–water partition coefficient (Wildman–Crippen LogP) is 5.80. The molecule has 32 heavy (non-hydrogen) atoms. The van der Waals surface area contributed by atoms with Crippen molar-refractivity contribution in [2.24, 2.45) is 0 Å². The molecule has 0 unspecified atom stereocenters. The lowest BCUT2D eigenvalue weighted by Gasteiger charge is -2.16. The summed E-state index contributed by atoms with van der Waals surface area (Å²) in [4.78, 5) is 52.5.